The zero-order valence-corrected chi connectivity index (χ0v) is 11.1. The molecule has 92 valence electrons. The first kappa shape index (κ1) is 11.1. The first-order chi connectivity index (χ1) is 8.12. The standard InChI is InChI=1S/C15H22N2/c1-11-4-5-13-14(8-11)16-10-15(13)6-7-17(3)9-12(15)2/h4-5,8,12,16H,6-7,9-10H2,1-3H3/t12-,15+/m1/s1. The second-order valence-electron chi connectivity index (χ2n) is 5.97. The van der Waals surface area contributed by atoms with Crippen molar-refractivity contribution in [3.05, 3.63) is 29.3 Å². The highest BCUT2D eigenvalue weighted by atomic mass is 15.1. The maximum atomic E-state index is 3.63. The van der Waals surface area contributed by atoms with Crippen molar-refractivity contribution in [2.24, 2.45) is 5.92 Å². The van der Waals surface area contributed by atoms with Crippen LogP contribution in [-0.2, 0) is 5.41 Å². The number of aryl methyl sites for hydroxylation is 1. The largest absolute Gasteiger partial charge is 0.384 e. The van der Waals surface area contributed by atoms with Crippen LogP contribution in [0.3, 0.4) is 0 Å². The van der Waals surface area contributed by atoms with Gasteiger partial charge in [0.1, 0.15) is 0 Å². The summed E-state index contributed by atoms with van der Waals surface area (Å²) in [7, 11) is 2.24. The fourth-order valence-electron chi connectivity index (χ4n) is 3.62. The average Bonchev–Trinajstić information content (AvgIpc) is 2.64. The third-order valence-corrected chi connectivity index (χ3v) is 4.77. The monoisotopic (exact) mass is 230 g/mol. The van der Waals surface area contributed by atoms with Gasteiger partial charge in [-0.2, -0.15) is 0 Å². The van der Waals surface area contributed by atoms with E-state index >= 15 is 0 Å². The molecule has 2 nitrogen and oxygen atoms in total. The van der Waals surface area contributed by atoms with E-state index in [1.807, 2.05) is 0 Å². The van der Waals surface area contributed by atoms with Gasteiger partial charge < -0.3 is 10.2 Å². The molecule has 0 saturated carbocycles. The Morgan fingerprint density at radius 3 is 3.00 bits per heavy atom. The van der Waals surface area contributed by atoms with E-state index in [9.17, 15) is 0 Å². The number of nitrogens with zero attached hydrogens (tertiary/aromatic N) is 1. The van der Waals surface area contributed by atoms with Gasteiger partial charge in [0, 0.05) is 24.2 Å². The summed E-state index contributed by atoms with van der Waals surface area (Å²) < 4.78 is 0. The van der Waals surface area contributed by atoms with Crippen molar-refractivity contribution < 1.29 is 0 Å². The Morgan fingerprint density at radius 2 is 2.24 bits per heavy atom. The molecule has 2 aliphatic rings. The molecule has 1 aromatic rings. The van der Waals surface area contributed by atoms with Gasteiger partial charge in [0.2, 0.25) is 0 Å². The predicted molar refractivity (Wildman–Crippen MR) is 72.6 cm³/mol. The second-order valence-corrected chi connectivity index (χ2v) is 5.97. The summed E-state index contributed by atoms with van der Waals surface area (Å²) in [4.78, 5) is 2.46. The Labute approximate surface area is 104 Å². The molecule has 0 amide bonds. The zero-order chi connectivity index (χ0) is 12.0. The van der Waals surface area contributed by atoms with Gasteiger partial charge in [-0.25, -0.2) is 0 Å². The van der Waals surface area contributed by atoms with Crippen LogP contribution in [-0.4, -0.2) is 31.6 Å². The third-order valence-electron chi connectivity index (χ3n) is 4.77. The number of rotatable bonds is 0. The van der Waals surface area contributed by atoms with Crippen LogP contribution in [0.15, 0.2) is 18.2 Å². The van der Waals surface area contributed by atoms with Gasteiger partial charge in [-0.05, 0) is 50.0 Å². The van der Waals surface area contributed by atoms with Gasteiger partial charge in [-0.15, -0.1) is 0 Å². The van der Waals surface area contributed by atoms with Crippen molar-refractivity contribution in [1.82, 2.24) is 4.90 Å². The molecule has 1 saturated heterocycles. The number of piperidine rings is 1. The molecule has 2 heterocycles. The Bertz CT molecular complexity index is 441. The van der Waals surface area contributed by atoms with Crippen LogP contribution in [0.25, 0.3) is 0 Å². The number of nitrogens with one attached hydrogen (secondary N) is 1. The highest BCUT2D eigenvalue weighted by molar-refractivity contribution is 5.62. The van der Waals surface area contributed by atoms with Crippen LogP contribution >= 0.6 is 0 Å². The minimum atomic E-state index is 0.384. The van der Waals surface area contributed by atoms with E-state index in [1.165, 1.54) is 30.8 Å². The summed E-state index contributed by atoms with van der Waals surface area (Å²) in [6, 6.07) is 6.92. The maximum absolute atomic E-state index is 3.63. The summed E-state index contributed by atoms with van der Waals surface area (Å²) in [5.74, 6) is 0.734. The topological polar surface area (TPSA) is 15.3 Å². The van der Waals surface area contributed by atoms with E-state index in [-0.39, 0.29) is 0 Å². The van der Waals surface area contributed by atoms with Crippen LogP contribution in [0.5, 0.6) is 0 Å². The van der Waals surface area contributed by atoms with E-state index in [2.05, 4.69) is 49.3 Å². The van der Waals surface area contributed by atoms with E-state index in [0.717, 1.165) is 12.5 Å². The number of fused-ring (bicyclic) bond motifs is 2. The molecule has 17 heavy (non-hydrogen) atoms. The number of benzene rings is 1. The normalized spacial score (nSPS) is 32.5. The molecule has 2 atom stereocenters. The highest BCUT2D eigenvalue weighted by Crippen LogP contribution is 2.46. The quantitative estimate of drug-likeness (QED) is 0.737. The van der Waals surface area contributed by atoms with Gasteiger partial charge in [0.05, 0.1) is 0 Å². The summed E-state index contributed by atoms with van der Waals surface area (Å²) in [5.41, 5.74) is 4.68. The summed E-state index contributed by atoms with van der Waals surface area (Å²) >= 11 is 0. The number of anilines is 1. The molecule has 1 fully saturated rings. The average molecular weight is 230 g/mol. The van der Waals surface area contributed by atoms with Gasteiger partial charge in [-0.3, -0.25) is 0 Å². The van der Waals surface area contributed by atoms with Gasteiger partial charge in [0.25, 0.3) is 0 Å². The fourth-order valence-corrected chi connectivity index (χ4v) is 3.62. The molecule has 0 radical (unpaired) electrons. The molecule has 0 aliphatic carbocycles. The van der Waals surface area contributed by atoms with Gasteiger partial charge >= 0.3 is 0 Å². The minimum Gasteiger partial charge on any atom is -0.384 e. The Hall–Kier alpha value is -1.02. The van der Waals surface area contributed by atoms with Crippen LogP contribution < -0.4 is 5.32 Å². The van der Waals surface area contributed by atoms with Gasteiger partial charge in [-0.1, -0.05) is 19.1 Å². The predicted octanol–water partition coefficient (Wildman–Crippen LogP) is 2.63. The molecule has 0 unspecified atom stereocenters. The summed E-state index contributed by atoms with van der Waals surface area (Å²) in [6.45, 7) is 8.15. The number of hydrogen-bond acceptors (Lipinski definition) is 2. The van der Waals surface area contributed by atoms with E-state index in [0.29, 0.717) is 5.41 Å². The number of hydrogen-bond donors (Lipinski definition) is 1. The molecular formula is C15H22N2. The summed E-state index contributed by atoms with van der Waals surface area (Å²) in [6.07, 6.45) is 1.29. The zero-order valence-electron chi connectivity index (χ0n) is 11.1. The van der Waals surface area contributed by atoms with E-state index in [1.54, 1.807) is 5.56 Å². The van der Waals surface area contributed by atoms with Crippen molar-refractivity contribution in [2.75, 3.05) is 32.0 Å². The molecule has 2 aliphatic heterocycles. The Kier molecular flexibility index (Phi) is 2.44. The Balaban J connectivity index is 2.02. The van der Waals surface area contributed by atoms with Crippen LogP contribution in [0.2, 0.25) is 0 Å². The third kappa shape index (κ3) is 1.58. The Morgan fingerprint density at radius 1 is 1.41 bits per heavy atom. The SMILES string of the molecule is Cc1ccc2c(c1)NC[C@]21CCN(C)C[C@H]1C. The van der Waals surface area contributed by atoms with Crippen LogP contribution in [0.4, 0.5) is 5.69 Å². The lowest BCUT2D eigenvalue weighted by atomic mass is 9.68. The molecule has 3 rings (SSSR count). The molecule has 2 heteroatoms. The molecule has 1 N–H and O–H groups in total. The molecule has 0 bridgehead atoms. The lowest BCUT2D eigenvalue weighted by Crippen LogP contribution is -2.48. The van der Waals surface area contributed by atoms with Crippen LogP contribution in [0.1, 0.15) is 24.5 Å². The molecular weight excluding hydrogens is 208 g/mol. The maximum Gasteiger partial charge on any atom is 0.0382 e. The molecule has 1 spiro atoms. The van der Waals surface area contributed by atoms with E-state index in [4.69, 9.17) is 0 Å². The van der Waals surface area contributed by atoms with Crippen molar-refractivity contribution in [3.63, 3.8) is 0 Å². The smallest absolute Gasteiger partial charge is 0.0382 e. The first-order valence-corrected chi connectivity index (χ1v) is 6.65. The fraction of sp³-hybridized carbons (Fsp3) is 0.600. The molecule has 1 aromatic carbocycles. The highest BCUT2D eigenvalue weighted by Gasteiger charge is 2.45. The van der Waals surface area contributed by atoms with Crippen molar-refractivity contribution in [2.45, 2.75) is 25.7 Å². The minimum absolute atomic E-state index is 0.384. The van der Waals surface area contributed by atoms with Gasteiger partial charge in [0.15, 0.2) is 0 Å². The van der Waals surface area contributed by atoms with E-state index < -0.39 is 0 Å². The van der Waals surface area contributed by atoms with Crippen molar-refractivity contribution in [1.29, 1.82) is 0 Å². The lowest BCUT2D eigenvalue weighted by molar-refractivity contribution is 0.134. The second kappa shape index (κ2) is 3.74. The van der Waals surface area contributed by atoms with Crippen LogP contribution in [0, 0.1) is 12.8 Å². The summed E-state index contributed by atoms with van der Waals surface area (Å²) in [5, 5.41) is 3.63. The van der Waals surface area contributed by atoms with Crippen molar-refractivity contribution >= 4 is 5.69 Å². The first-order valence-electron chi connectivity index (χ1n) is 6.65. The number of likely N-dealkylation sites (tertiary alicyclic amines) is 1. The van der Waals surface area contributed by atoms with Crippen molar-refractivity contribution in [3.8, 4) is 0 Å². The lowest BCUT2D eigenvalue weighted by Gasteiger charge is -2.43. The molecule has 0 aromatic heterocycles.